The van der Waals surface area contributed by atoms with Crippen LogP contribution in [0.5, 0.6) is 0 Å². The van der Waals surface area contributed by atoms with Crippen molar-refractivity contribution >= 4 is 0 Å². The molecule has 0 radical (unpaired) electrons. The van der Waals surface area contributed by atoms with Crippen LogP contribution in [0.4, 0.5) is 0 Å². The zero-order valence-electron chi connectivity index (χ0n) is 12.4. The van der Waals surface area contributed by atoms with Crippen LogP contribution in [0.25, 0.3) is 0 Å². The van der Waals surface area contributed by atoms with Crippen molar-refractivity contribution in [3.8, 4) is 0 Å². The van der Waals surface area contributed by atoms with E-state index in [0.717, 1.165) is 5.69 Å². The average molecular weight is 262 g/mol. The van der Waals surface area contributed by atoms with Crippen molar-refractivity contribution in [2.45, 2.75) is 50.1 Å². The third-order valence-corrected chi connectivity index (χ3v) is 4.56. The van der Waals surface area contributed by atoms with Crippen molar-refractivity contribution in [3.63, 3.8) is 0 Å². The van der Waals surface area contributed by atoms with Crippen LogP contribution in [0.3, 0.4) is 0 Å². The summed E-state index contributed by atoms with van der Waals surface area (Å²) in [5, 5.41) is 3.49. The minimum atomic E-state index is 0.154. The number of hydrogen-bond donors (Lipinski definition) is 1. The summed E-state index contributed by atoms with van der Waals surface area (Å²) >= 11 is 0. The summed E-state index contributed by atoms with van der Waals surface area (Å²) in [5.41, 5.74) is 1.21. The van der Waals surface area contributed by atoms with Crippen molar-refractivity contribution in [1.82, 2.24) is 20.2 Å². The van der Waals surface area contributed by atoms with Crippen molar-refractivity contribution in [2.75, 3.05) is 21.1 Å². The molecule has 0 aromatic carbocycles. The van der Waals surface area contributed by atoms with Gasteiger partial charge in [-0.05, 0) is 34.0 Å². The maximum Gasteiger partial charge on any atom is 0.0774 e. The summed E-state index contributed by atoms with van der Waals surface area (Å²) in [6.07, 6.45) is 13.2. The highest BCUT2D eigenvalue weighted by Gasteiger charge is 2.41. The standard InChI is InChI=1S/C15H26N4/c1-16-14(13-12-17-10-11-18-13)15(19(2)3)8-6-4-5-7-9-15/h10-12,14,16H,4-9H2,1-3H3. The SMILES string of the molecule is CNC(c1cnccn1)C1(N(C)C)CCCCCC1. The fourth-order valence-electron chi connectivity index (χ4n) is 3.49. The van der Waals surface area contributed by atoms with Crippen LogP contribution in [0, 0.1) is 0 Å². The fourth-order valence-corrected chi connectivity index (χ4v) is 3.49. The van der Waals surface area contributed by atoms with Gasteiger partial charge in [0.25, 0.3) is 0 Å². The molecular formula is C15H26N4. The van der Waals surface area contributed by atoms with Gasteiger partial charge >= 0.3 is 0 Å². The molecule has 1 saturated carbocycles. The molecule has 0 amide bonds. The molecular weight excluding hydrogens is 236 g/mol. The monoisotopic (exact) mass is 262 g/mol. The lowest BCUT2D eigenvalue weighted by atomic mass is 9.80. The van der Waals surface area contributed by atoms with Gasteiger partial charge in [-0.2, -0.15) is 0 Å². The van der Waals surface area contributed by atoms with Crippen LogP contribution in [-0.2, 0) is 0 Å². The number of nitrogens with zero attached hydrogens (tertiary/aromatic N) is 3. The van der Waals surface area contributed by atoms with Gasteiger partial charge in [0, 0.05) is 17.9 Å². The first kappa shape index (κ1) is 14.4. The van der Waals surface area contributed by atoms with Gasteiger partial charge < -0.3 is 10.2 Å². The first-order chi connectivity index (χ1) is 9.20. The summed E-state index contributed by atoms with van der Waals surface area (Å²) in [5.74, 6) is 0. The van der Waals surface area contributed by atoms with Crippen LogP contribution < -0.4 is 5.32 Å². The number of nitrogens with one attached hydrogen (secondary N) is 1. The lowest BCUT2D eigenvalue weighted by molar-refractivity contribution is 0.0815. The van der Waals surface area contributed by atoms with Gasteiger partial charge in [0.1, 0.15) is 0 Å². The lowest BCUT2D eigenvalue weighted by Crippen LogP contribution is -2.53. The zero-order valence-corrected chi connectivity index (χ0v) is 12.4. The molecule has 1 aliphatic rings. The third kappa shape index (κ3) is 2.95. The van der Waals surface area contributed by atoms with E-state index in [1.54, 1.807) is 12.4 Å². The molecule has 1 aliphatic carbocycles. The number of rotatable bonds is 4. The second-order valence-electron chi connectivity index (χ2n) is 5.76. The van der Waals surface area contributed by atoms with Gasteiger partial charge in [-0.25, -0.2) is 0 Å². The first-order valence-corrected chi connectivity index (χ1v) is 7.31. The molecule has 1 unspecified atom stereocenters. The molecule has 0 aliphatic heterocycles. The van der Waals surface area contributed by atoms with Gasteiger partial charge in [0.05, 0.1) is 17.9 Å². The Kier molecular flexibility index (Phi) is 4.88. The molecule has 1 aromatic heterocycles. The summed E-state index contributed by atoms with van der Waals surface area (Å²) in [4.78, 5) is 11.2. The lowest BCUT2D eigenvalue weighted by Gasteiger charge is -2.45. The van der Waals surface area contributed by atoms with Crippen molar-refractivity contribution < 1.29 is 0 Å². The van der Waals surface area contributed by atoms with Crippen LogP contribution in [0.15, 0.2) is 18.6 Å². The van der Waals surface area contributed by atoms with E-state index >= 15 is 0 Å². The van der Waals surface area contributed by atoms with E-state index < -0.39 is 0 Å². The number of aromatic nitrogens is 2. The summed E-state index contributed by atoms with van der Waals surface area (Å²) in [7, 11) is 6.44. The highest BCUT2D eigenvalue weighted by atomic mass is 15.2. The van der Waals surface area contributed by atoms with Crippen LogP contribution in [0.1, 0.15) is 50.3 Å². The van der Waals surface area contributed by atoms with Crippen LogP contribution in [0.2, 0.25) is 0 Å². The summed E-state index contributed by atoms with van der Waals surface area (Å²) < 4.78 is 0. The zero-order chi connectivity index (χ0) is 13.7. The molecule has 0 bridgehead atoms. The van der Waals surface area contributed by atoms with Crippen molar-refractivity contribution in [2.24, 2.45) is 0 Å². The molecule has 1 atom stereocenters. The molecule has 1 heterocycles. The predicted molar refractivity (Wildman–Crippen MR) is 78.0 cm³/mol. The van der Waals surface area contributed by atoms with E-state index in [2.05, 4.69) is 34.3 Å². The number of likely N-dealkylation sites (N-methyl/N-ethyl adjacent to an activating group) is 2. The average Bonchev–Trinajstić information content (AvgIpc) is 2.68. The largest absolute Gasteiger partial charge is 0.310 e. The van der Waals surface area contributed by atoms with Crippen LogP contribution in [-0.4, -0.2) is 41.5 Å². The molecule has 1 N–H and O–H groups in total. The van der Waals surface area contributed by atoms with Crippen LogP contribution >= 0.6 is 0 Å². The van der Waals surface area contributed by atoms with Gasteiger partial charge in [-0.3, -0.25) is 9.97 Å². The molecule has 1 fully saturated rings. The highest BCUT2D eigenvalue weighted by Crippen LogP contribution is 2.40. The van der Waals surface area contributed by atoms with E-state index in [-0.39, 0.29) is 11.6 Å². The van der Waals surface area contributed by atoms with Gasteiger partial charge in [-0.15, -0.1) is 0 Å². The molecule has 19 heavy (non-hydrogen) atoms. The minimum Gasteiger partial charge on any atom is -0.310 e. The Labute approximate surface area is 116 Å². The molecule has 4 nitrogen and oxygen atoms in total. The Morgan fingerprint density at radius 3 is 2.32 bits per heavy atom. The van der Waals surface area contributed by atoms with E-state index in [9.17, 15) is 0 Å². The summed E-state index contributed by atoms with van der Waals surface area (Å²) in [6, 6.07) is 0.245. The normalized spacial score (nSPS) is 21.1. The van der Waals surface area contributed by atoms with Crippen molar-refractivity contribution in [3.05, 3.63) is 24.3 Å². The summed E-state index contributed by atoms with van der Waals surface area (Å²) in [6.45, 7) is 0. The highest BCUT2D eigenvalue weighted by molar-refractivity contribution is 5.13. The van der Waals surface area contributed by atoms with E-state index in [4.69, 9.17) is 0 Å². The molecule has 0 spiro atoms. The Morgan fingerprint density at radius 2 is 1.84 bits per heavy atom. The maximum absolute atomic E-state index is 4.53. The molecule has 4 heteroatoms. The Balaban J connectivity index is 2.35. The van der Waals surface area contributed by atoms with Gasteiger partial charge in [-0.1, -0.05) is 25.7 Å². The van der Waals surface area contributed by atoms with E-state index in [1.165, 1.54) is 38.5 Å². The fraction of sp³-hybridized carbons (Fsp3) is 0.733. The second kappa shape index (κ2) is 6.44. The third-order valence-electron chi connectivity index (χ3n) is 4.56. The van der Waals surface area contributed by atoms with E-state index in [0.29, 0.717) is 0 Å². The molecule has 2 rings (SSSR count). The van der Waals surface area contributed by atoms with E-state index in [1.807, 2.05) is 13.2 Å². The van der Waals surface area contributed by atoms with Gasteiger partial charge in [0.15, 0.2) is 0 Å². The second-order valence-corrected chi connectivity index (χ2v) is 5.76. The van der Waals surface area contributed by atoms with Gasteiger partial charge in [0.2, 0.25) is 0 Å². The Morgan fingerprint density at radius 1 is 1.16 bits per heavy atom. The Hall–Kier alpha value is -1.00. The molecule has 1 aromatic rings. The molecule has 106 valence electrons. The quantitative estimate of drug-likeness (QED) is 0.846. The minimum absolute atomic E-state index is 0.154. The maximum atomic E-state index is 4.53. The predicted octanol–water partition coefficient (Wildman–Crippen LogP) is 2.39. The Bertz CT molecular complexity index is 369. The first-order valence-electron chi connectivity index (χ1n) is 7.31. The smallest absolute Gasteiger partial charge is 0.0774 e. The topological polar surface area (TPSA) is 41.1 Å². The van der Waals surface area contributed by atoms with Crippen molar-refractivity contribution in [1.29, 1.82) is 0 Å². The number of hydrogen-bond acceptors (Lipinski definition) is 4. The molecule has 0 saturated heterocycles.